The maximum atomic E-state index is 6.13. The largest absolute Gasteiger partial charge is 0.383 e. The summed E-state index contributed by atoms with van der Waals surface area (Å²) >= 11 is 6.13. The lowest BCUT2D eigenvalue weighted by molar-refractivity contribution is 0.262. The first-order valence-corrected chi connectivity index (χ1v) is 10.8. The van der Waals surface area contributed by atoms with Crippen LogP contribution in [-0.2, 0) is 0 Å². The first-order valence-electron chi connectivity index (χ1n) is 10.4. The number of rotatable bonds is 5. The van der Waals surface area contributed by atoms with E-state index in [1.54, 1.807) is 0 Å². The van der Waals surface area contributed by atoms with Gasteiger partial charge >= 0.3 is 0 Å². The van der Waals surface area contributed by atoms with Gasteiger partial charge in [0, 0.05) is 35.9 Å². The van der Waals surface area contributed by atoms with Crippen molar-refractivity contribution in [2.75, 3.05) is 39.4 Å². The van der Waals surface area contributed by atoms with E-state index in [4.69, 9.17) is 17.3 Å². The normalized spacial score (nSPS) is 24.5. The van der Waals surface area contributed by atoms with Gasteiger partial charge in [0.05, 0.1) is 37.7 Å². The van der Waals surface area contributed by atoms with Crippen LogP contribution in [0.3, 0.4) is 0 Å². The molecule has 1 fully saturated rings. The molecular weight excluding hydrogens is 386 g/mol. The summed E-state index contributed by atoms with van der Waals surface area (Å²) in [6.07, 6.45) is 5.15. The average molecular weight is 414 g/mol. The van der Waals surface area contributed by atoms with Gasteiger partial charge in [0.25, 0.3) is 0 Å². The maximum Gasteiger partial charge on any atom is 0.121 e. The van der Waals surface area contributed by atoms with E-state index >= 15 is 0 Å². The third-order valence-corrected chi connectivity index (χ3v) is 6.20. The van der Waals surface area contributed by atoms with Crippen LogP contribution in [-0.4, -0.2) is 61.2 Å². The second-order valence-electron chi connectivity index (χ2n) is 8.06. The van der Waals surface area contributed by atoms with Crippen LogP contribution < -0.4 is 21.7 Å². The summed E-state index contributed by atoms with van der Waals surface area (Å²) < 4.78 is 0. The quantitative estimate of drug-likeness (QED) is 0.545. The molecule has 1 unspecified atom stereocenters. The van der Waals surface area contributed by atoms with Crippen LogP contribution in [0.5, 0.6) is 0 Å². The molecule has 0 amide bonds. The topological polar surface area (TPSA) is 80.9 Å². The van der Waals surface area contributed by atoms with Crippen molar-refractivity contribution in [3.8, 4) is 0 Å². The molecule has 154 valence electrons. The molecule has 3 heterocycles. The fourth-order valence-electron chi connectivity index (χ4n) is 4.28. The summed E-state index contributed by atoms with van der Waals surface area (Å²) in [7, 11) is 0. The molecule has 0 bridgehead atoms. The minimum Gasteiger partial charge on any atom is -0.383 e. The number of nitrogens with two attached hydrogens (primary N) is 1. The number of benzene rings is 1. The number of aliphatic imine (C=N–C) groups is 1. The summed E-state index contributed by atoms with van der Waals surface area (Å²) in [6.45, 7) is 4.73. The van der Waals surface area contributed by atoms with E-state index in [1.165, 1.54) is 35.5 Å². The van der Waals surface area contributed by atoms with E-state index < -0.39 is 0 Å². The molecule has 7 nitrogen and oxygen atoms in total. The number of fused-ring (bicyclic) bond motifs is 1. The highest BCUT2D eigenvalue weighted by molar-refractivity contribution is 6.30. The van der Waals surface area contributed by atoms with Gasteiger partial charge in [-0.25, -0.2) is 0 Å². The van der Waals surface area contributed by atoms with Crippen molar-refractivity contribution in [1.29, 1.82) is 0 Å². The van der Waals surface area contributed by atoms with Gasteiger partial charge in [0.2, 0.25) is 0 Å². The van der Waals surface area contributed by atoms with E-state index in [0.29, 0.717) is 12.6 Å². The van der Waals surface area contributed by atoms with Crippen molar-refractivity contribution in [3.05, 3.63) is 52.4 Å². The minimum absolute atomic E-state index is 0.235. The molecule has 29 heavy (non-hydrogen) atoms. The molecule has 1 saturated carbocycles. The van der Waals surface area contributed by atoms with Crippen LogP contribution in [0.25, 0.3) is 5.70 Å². The molecule has 1 aromatic rings. The smallest absolute Gasteiger partial charge is 0.121 e. The van der Waals surface area contributed by atoms with Gasteiger partial charge < -0.3 is 26.6 Å². The van der Waals surface area contributed by atoms with E-state index in [9.17, 15) is 0 Å². The Morgan fingerprint density at radius 1 is 1.24 bits per heavy atom. The summed E-state index contributed by atoms with van der Waals surface area (Å²) in [5, 5.41) is 11.3. The highest BCUT2D eigenvalue weighted by atomic mass is 35.5. The first kappa shape index (κ1) is 18.8. The molecule has 3 aliphatic heterocycles. The molecule has 5 rings (SSSR count). The molecule has 5 N–H and O–H groups in total. The van der Waals surface area contributed by atoms with Crippen LogP contribution in [0.15, 0.2) is 46.9 Å². The van der Waals surface area contributed by atoms with Crippen molar-refractivity contribution in [3.63, 3.8) is 0 Å². The maximum absolute atomic E-state index is 6.13. The Morgan fingerprint density at radius 2 is 2.07 bits per heavy atom. The molecule has 0 saturated heterocycles. The lowest BCUT2D eigenvalue weighted by Gasteiger charge is -2.34. The van der Waals surface area contributed by atoms with Gasteiger partial charge in [0.15, 0.2) is 0 Å². The Bertz CT molecular complexity index is 856. The first-order chi connectivity index (χ1) is 14.2. The fourth-order valence-corrected chi connectivity index (χ4v) is 4.40. The zero-order valence-corrected chi connectivity index (χ0v) is 17.3. The lowest BCUT2D eigenvalue weighted by Crippen LogP contribution is -2.49. The molecule has 1 atom stereocenters. The number of halogens is 1. The average Bonchev–Trinajstić information content (AvgIpc) is 3.52. The molecule has 0 spiro atoms. The van der Waals surface area contributed by atoms with Crippen molar-refractivity contribution in [2.24, 2.45) is 16.6 Å². The number of allylic oxidation sites excluding steroid dienone is 1. The minimum atomic E-state index is 0.235. The van der Waals surface area contributed by atoms with Crippen LogP contribution in [0.2, 0.25) is 5.02 Å². The molecule has 1 aliphatic carbocycles. The summed E-state index contributed by atoms with van der Waals surface area (Å²) in [4.78, 5) is 9.44. The second kappa shape index (κ2) is 7.89. The Hall–Kier alpha value is -2.22. The second-order valence-corrected chi connectivity index (χ2v) is 8.49. The van der Waals surface area contributed by atoms with Crippen LogP contribution in [0.1, 0.15) is 18.4 Å². The molecule has 0 radical (unpaired) electrons. The van der Waals surface area contributed by atoms with Crippen molar-refractivity contribution < 1.29 is 0 Å². The fraction of sp³-hybridized carbons (Fsp3) is 0.476. The highest BCUT2D eigenvalue weighted by Crippen LogP contribution is 2.39. The Morgan fingerprint density at radius 3 is 2.83 bits per heavy atom. The van der Waals surface area contributed by atoms with Gasteiger partial charge in [-0.1, -0.05) is 23.7 Å². The van der Waals surface area contributed by atoms with Crippen molar-refractivity contribution in [1.82, 2.24) is 25.8 Å². The van der Waals surface area contributed by atoms with E-state index in [-0.39, 0.29) is 6.17 Å². The summed E-state index contributed by atoms with van der Waals surface area (Å²) in [5.41, 5.74) is 10.7. The number of hydrogen-bond acceptors (Lipinski definition) is 7. The number of nitrogens with one attached hydrogen (secondary N) is 3. The standard InChI is InChI=1S/C21H28ClN7/c22-16-5-3-15(4-6-16)21-18(11-28-8-7-24-19(12-28)26-13-23)29-10-17(14-1-2-14)25-9-20(29)27-21/h3-6,10,14,20,25,27H,1-2,7-9,11-13,23H2,(H,24,26). The Labute approximate surface area is 176 Å². The van der Waals surface area contributed by atoms with Crippen molar-refractivity contribution >= 4 is 23.1 Å². The highest BCUT2D eigenvalue weighted by Gasteiger charge is 2.37. The number of nitrogens with zero attached hydrogens (tertiary/aromatic N) is 3. The third-order valence-electron chi connectivity index (χ3n) is 5.95. The third kappa shape index (κ3) is 3.95. The van der Waals surface area contributed by atoms with Crippen LogP contribution in [0.4, 0.5) is 0 Å². The SMILES string of the molecule is NCNC1=NCCN(CC2=C(c3ccc(Cl)cc3)NC3CNC(C4CC4)=CN23)C1. The molecule has 4 aliphatic rings. The van der Waals surface area contributed by atoms with E-state index in [1.807, 2.05) is 12.1 Å². The lowest BCUT2D eigenvalue weighted by atomic mass is 10.1. The van der Waals surface area contributed by atoms with Crippen molar-refractivity contribution in [2.45, 2.75) is 19.0 Å². The Balaban J connectivity index is 1.45. The summed E-state index contributed by atoms with van der Waals surface area (Å²) in [5.74, 6) is 1.68. The zero-order chi connectivity index (χ0) is 19.8. The number of amidine groups is 1. The molecule has 8 heteroatoms. The Kier molecular flexibility index (Phi) is 5.11. The van der Waals surface area contributed by atoms with Crippen LogP contribution >= 0.6 is 11.6 Å². The predicted octanol–water partition coefficient (Wildman–Crippen LogP) is 1.31. The zero-order valence-electron chi connectivity index (χ0n) is 16.5. The summed E-state index contributed by atoms with van der Waals surface area (Å²) in [6, 6.07) is 8.12. The van der Waals surface area contributed by atoms with Gasteiger partial charge in [-0.2, -0.15) is 0 Å². The van der Waals surface area contributed by atoms with E-state index in [0.717, 1.165) is 43.6 Å². The number of hydrogen-bond donors (Lipinski definition) is 4. The molecule has 1 aromatic carbocycles. The molecule has 0 aromatic heterocycles. The van der Waals surface area contributed by atoms with Crippen LogP contribution in [0, 0.1) is 5.92 Å². The van der Waals surface area contributed by atoms with Gasteiger partial charge in [-0.05, 0) is 30.5 Å². The van der Waals surface area contributed by atoms with E-state index in [2.05, 4.69) is 49.1 Å². The van der Waals surface area contributed by atoms with Gasteiger partial charge in [0.1, 0.15) is 12.0 Å². The van der Waals surface area contributed by atoms with Gasteiger partial charge in [-0.15, -0.1) is 0 Å². The monoisotopic (exact) mass is 413 g/mol. The van der Waals surface area contributed by atoms with Gasteiger partial charge in [-0.3, -0.25) is 9.89 Å². The molecular formula is C21H28ClN7. The predicted molar refractivity (Wildman–Crippen MR) is 117 cm³/mol.